The van der Waals surface area contributed by atoms with E-state index in [2.05, 4.69) is 86.6 Å². The number of aromatic nitrogens is 2. The van der Waals surface area contributed by atoms with Crippen molar-refractivity contribution < 1.29 is 0 Å². The highest BCUT2D eigenvalue weighted by Crippen LogP contribution is 2.41. The maximum absolute atomic E-state index is 4.75. The van der Waals surface area contributed by atoms with Gasteiger partial charge in [-0.15, -0.1) is 0 Å². The molecule has 2 aromatic carbocycles. The lowest BCUT2D eigenvalue weighted by Crippen LogP contribution is -2.17. The average Bonchev–Trinajstić information content (AvgIpc) is 2.73. The fraction of sp³-hybridized carbons (Fsp3) is 0.154. The highest BCUT2D eigenvalue weighted by atomic mass is 14.7. The molecule has 0 fully saturated rings. The summed E-state index contributed by atoms with van der Waals surface area (Å²) in [7, 11) is 0. The Kier molecular flexibility index (Phi) is 5.29. The minimum absolute atomic E-state index is 0.0813. The average molecular weight is 364 g/mol. The molecule has 0 aliphatic rings. The molecule has 28 heavy (non-hydrogen) atoms. The van der Waals surface area contributed by atoms with Gasteiger partial charge in [-0.1, -0.05) is 71.8 Å². The lowest BCUT2D eigenvalue weighted by molar-refractivity contribution is 0.657. The zero-order chi connectivity index (χ0) is 19.3. The second-order valence-corrected chi connectivity index (χ2v) is 7.29. The maximum Gasteiger partial charge on any atom is 0.0488 e. The fourth-order valence-electron chi connectivity index (χ4n) is 3.91. The number of pyridine rings is 2. The molecule has 4 rings (SSSR count). The van der Waals surface area contributed by atoms with Crippen LogP contribution in [-0.2, 0) is 0 Å². The topological polar surface area (TPSA) is 25.8 Å². The summed E-state index contributed by atoms with van der Waals surface area (Å²) >= 11 is 0. The van der Waals surface area contributed by atoms with Gasteiger partial charge < -0.3 is 0 Å². The van der Waals surface area contributed by atoms with Gasteiger partial charge in [-0.25, -0.2) is 0 Å². The fourth-order valence-corrected chi connectivity index (χ4v) is 3.91. The van der Waals surface area contributed by atoms with Crippen LogP contribution < -0.4 is 0 Å². The number of hydrogen-bond acceptors (Lipinski definition) is 2. The van der Waals surface area contributed by atoms with E-state index in [9.17, 15) is 0 Å². The Hall–Kier alpha value is -3.26. The van der Waals surface area contributed by atoms with Crippen molar-refractivity contribution in [3.63, 3.8) is 0 Å². The van der Waals surface area contributed by atoms with E-state index in [1.807, 2.05) is 24.5 Å². The molecule has 2 nitrogen and oxygen atoms in total. The van der Waals surface area contributed by atoms with E-state index in [0.717, 1.165) is 11.4 Å². The van der Waals surface area contributed by atoms with Crippen molar-refractivity contribution in [1.29, 1.82) is 0 Å². The molecule has 0 spiro atoms. The summed E-state index contributed by atoms with van der Waals surface area (Å²) in [5, 5.41) is 0. The molecule has 2 atom stereocenters. The normalized spacial score (nSPS) is 13.1. The lowest BCUT2D eigenvalue weighted by atomic mass is 9.76. The van der Waals surface area contributed by atoms with E-state index >= 15 is 0 Å². The van der Waals surface area contributed by atoms with E-state index in [0.29, 0.717) is 0 Å². The monoisotopic (exact) mass is 364 g/mol. The van der Waals surface area contributed by atoms with Gasteiger partial charge >= 0.3 is 0 Å². The molecule has 2 heterocycles. The maximum atomic E-state index is 4.75. The Bertz CT molecular complexity index is 955. The first kappa shape index (κ1) is 18.1. The minimum Gasteiger partial charge on any atom is -0.261 e. The van der Waals surface area contributed by atoms with Crippen LogP contribution >= 0.6 is 0 Å². The lowest BCUT2D eigenvalue weighted by Gasteiger charge is -2.28. The van der Waals surface area contributed by atoms with Crippen LogP contribution in [-0.4, -0.2) is 9.97 Å². The first-order valence-corrected chi connectivity index (χ1v) is 9.67. The zero-order valence-corrected chi connectivity index (χ0v) is 16.3. The third-order valence-corrected chi connectivity index (χ3v) is 5.15. The molecule has 2 aromatic heterocycles. The molecule has 0 aliphatic carbocycles. The van der Waals surface area contributed by atoms with Crippen molar-refractivity contribution in [2.75, 3.05) is 0 Å². The van der Waals surface area contributed by atoms with E-state index in [1.54, 1.807) is 0 Å². The highest BCUT2D eigenvalue weighted by Gasteiger charge is 2.30. The Balaban J connectivity index is 1.96. The molecule has 0 saturated heterocycles. The van der Waals surface area contributed by atoms with Crippen molar-refractivity contribution in [3.05, 3.63) is 131 Å². The molecular weight excluding hydrogens is 340 g/mol. The van der Waals surface area contributed by atoms with Gasteiger partial charge in [-0.05, 0) is 49.2 Å². The second kappa shape index (κ2) is 8.18. The molecule has 138 valence electrons. The van der Waals surface area contributed by atoms with Crippen molar-refractivity contribution in [1.82, 2.24) is 9.97 Å². The molecule has 0 unspecified atom stereocenters. The number of nitrogens with zero attached hydrogens (tertiary/aromatic N) is 2. The van der Waals surface area contributed by atoms with Gasteiger partial charge in [0.1, 0.15) is 0 Å². The molecule has 0 aliphatic heterocycles. The molecule has 4 aromatic rings. The Morgan fingerprint density at radius 2 is 1.00 bits per heavy atom. The van der Waals surface area contributed by atoms with Crippen LogP contribution in [0.25, 0.3) is 0 Å². The van der Waals surface area contributed by atoms with Gasteiger partial charge in [-0.2, -0.15) is 0 Å². The van der Waals surface area contributed by atoms with E-state index < -0.39 is 0 Å². The van der Waals surface area contributed by atoms with Crippen LogP contribution in [0.4, 0.5) is 0 Å². The SMILES string of the molecule is Cc1cccc([C@H](c2ccccn2)[C@H](c2cccc(C)c2)c2ccccn2)c1. The summed E-state index contributed by atoms with van der Waals surface area (Å²) in [6.45, 7) is 4.28. The van der Waals surface area contributed by atoms with E-state index in [-0.39, 0.29) is 11.8 Å². The van der Waals surface area contributed by atoms with Crippen molar-refractivity contribution >= 4 is 0 Å². The van der Waals surface area contributed by atoms with E-state index in [1.165, 1.54) is 22.3 Å². The van der Waals surface area contributed by atoms with Crippen LogP contribution in [0.2, 0.25) is 0 Å². The second-order valence-electron chi connectivity index (χ2n) is 7.29. The van der Waals surface area contributed by atoms with Gasteiger partial charge in [0, 0.05) is 35.6 Å². The number of rotatable bonds is 5. The molecule has 0 N–H and O–H groups in total. The van der Waals surface area contributed by atoms with Crippen molar-refractivity contribution in [2.24, 2.45) is 0 Å². The molecule has 0 bridgehead atoms. The summed E-state index contributed by atoms with van der Waals surface area (Å²) in [6.07, 6.45) is 3.76. The van der Waals surface area contributed by atoms with Crippen LogP contribution in [0.1, 0.15) is 45.5 Å². The summed E-state index contributed by atoms with van der Waals surface area (Å²) in [4.78, 5) is 9.50. The first-order valence-electron chi connectivity index (χ1n) is 9.67. The standard InChI is InChI=1S/C26H24N2/c1-19-9-7-11-21(17-19)25(23-13-3-5-15-27-23)26(24-14-4-6-16-28-24)22-12-8-10-20(2)18-22/h3-18,25-26H,1-2H3/t25-,26-/m1/s1. The summed E-state index contributed by atoms with van der Waals surface area (Å²) in [6, 6.07) is 29.8. The van der Waals surface area contributed by atoms with Gasteiger partial charge in [0.25, 0.3) is 0 Å². The van der Waals surface area contributed by atoms with Crippen molar-refractivity contribution in [2.45, 2.75) is 25.7 Å². The molecule has 0 radical (unpaired) electrons. The molecular formula is C26H24N2. The predicted octanol–water partition coefficient (Wildman–Crippen LogP) is 6.06. The summed E-state index contributed by atoms with van der Waals surface area (Å²) in [5.41, 5.74) is 7.15. The van der Waals surface area contributed by atoms with Gasteiger partial charge in [0.15, 0.2) is 0 Å². The van der Waals surface area contributed by atoms with Crippen LogP contribution in [0.3, 0.4) is 0 Å². The Morgan fingerprint density at radius 1 is 0.536 bits per heavy atom. The Morgan fingerprint density at radius 3 is 1.36 bits per heavy atom. The third kappa shape index (κ3) is 3.86. The van der Waals surface area contributed by atoms with Gasteiger partial charge in [0.2, 0.25) is 0 Å². The van der Waals surface area contributed by atoms with E-state index in [4.69, 9.17) is 9.97 Å². The smallest absolute Gasteiger partial charge is 0.0488 e. The largest absolute Gasteiger partial charge is 0.261 e. The zero-order valence-electron chi connectivity index (χ0n) is 16.3. The van der Waals surface area contributed by atoms with Gasteiger partial charge in [-0.3, -0.25) is 9.97 Å². The summed E-state index contributed by atoms with van der Waals surface area (Å²) < 4.78 is 0. The van der Waals surface area contributed by atoms with Crippen LogP contribution in [0, 0.1) is 13.8 Å². The minimum atomic E-state index is 0.0813. The number of hydrogen-bond donors (Lipinski definition) is 0. The van der Waals surface area contributed by atoms with Gasteiger partial charge in [0.05, 0.1) is 0 Å². The predicted molar refractivity (Wildman–Crippen MR) is 115 cm³/mol. The molecule has 0 saturated carbocycles. The first-order chi connectivity index (χ1) is 13.7. The summed E-state index contributed by atoms with van der Waals surface area (Å²) in [5.74, 6) is 0.163. The van der Waals surface area contributed by atoms with Crippen LogP contribution in [0.15, 0.2) is 97.3 Å². The Labute approximate surface area is 167 Å². The van der Waals surface area contributed by atoms with Crippen molar-refractivity contribution in [3.8, 4) is 0 Å². The number of benzene rings is 2. The van der Waals surface area contributed by atoms with Crippen LogP contribution in [0.5, 0.6) is 0 Å². The quantitative estimate of drug-likeness (QED) is 0.430. The molecule has 0 amide bonds. The highest BCUT2D eigenvalue weighted by molar-refractivity contribution is 5.42. The molecule has 2 heteroatoms. The number of aryl methyl sites for hydroxylation is 2. The third-order valence-electron chi connectivity index (χ3n) is 5.15.